The third kappa shape index (κ3) is 7.60. The Labute approximate surface area is 250 Å². The van der Waals surface area contributed by atoms with Gasteiger partial charge in [-0.05, 0) is 78.4 Å². The molecule has 1 aliphatic rings. The van der Waals surface area contributed by atoms with E-state index in [-0.39, 0.29) is 27.8 Å². The molecular weight excluding hydrogens is 591 g/mol. The van der Waals surface area contributed by atoms with Gasteiger partial charge in [0, 0.05) is 10.7 Å². The van der Waals surface area contributed by atoms with Crippen LogP contribution in [0.5, 0.6) is 11.5 Å². The second-order valence-electron chi connectivity index (χ2n) is 8.56. The Bertz CT molecular complexity index is 1530. The number of halogens is 2. The zero-order valence-corrected chi connectivity index (χ0v) is 24.3. The van der Waals surface area contributed by atoms with Crippen LogP contribution < -0.4 is 14.8 Å². The van der Waals surface area contributed by atoms with E-state index in [1.54, 1.807) is 43.3 Å². The van der Waals surface area contributed by atoms with Gasteiger partial charge in [0.15, 0.2) is 11.5 Å². The van der Waals surface area contributed by atoms with Crippen LogP contribution in [0.4, 0.5) is 10.5 Å². The van der Waals surface area contributed by atoms with Crippen LogP contribution in [0, 0.1) is 0 Å². The van der Waals surface area contributed by atoms with Gasteiger partial charge in [-0.1, -0.05) is 41.4 Å². The van der Waals surface area contributed by atoms with Crippen molar-refractivity contribution >= 4 is 69.8 Å². The number of ether oxygens (including phenoxy) is 3. The van der Waals surface area contributed by atoms with Crippen LogP contribution in [0.3, 0.4) is 0 Å². The fraction of sp³-hybridized carbons (Fsp3) is 0.172. The quantitative estimate of drug-likeness (QED) is 0.205. The van der Waals surface area contributed by atoms with Crippen LogP contribution in [0.25, 0.3) is 6.08 Å². The smallest absolute Gasteiger partial charge is 0.339 e. The molecule has 3 aromatic carbocycles. The molecule has 3 aromatic rings. The van der Waals surface area contributed by atoms with Crippen molar-refractivity contribution in [1.29, 1.82) is 0 Å². The third-order valence-electron chi connectivity index (χ3n) is 5.71. The lowest BCUT2D eigenvalue weighted by atomic mass is 10.1. The topological polar surface area (TPSA) is 111 Å². The van der Waals surface area contributed by atoms with Crippen LogP contribution in [0.2, 0.25) is 10.0 Å². The van der Waals surface area contributed by atoms with Gasteiger partial charge in [-0.2, -0.15) is 0 Å². The van der Waals surface area contributed by atoms with Crippen molar-refractivity contribution in [2.24, 2.45) is 0 Å². The van der Waals surface area contributed by atoms with Gasteiger partial charge in [-0.25, -0.2) is 4.79 Å². The van der Waals surface area contributed by atoms with E-state index in [9.17, 15) is 19.2 Å². The number of methoxy groups -OCH3 is 1. The van der Waals surface area contributed by atoms with Crippen molar-refractivity contribution in [3.05, 3.63) is 92.3 Å². The number of hydrogen-bond acceptors (Lipinski definition) is 8. The average Bonchev–Trinajstić information content (AvgIpc) is 3.21. The van der Waals surface area contributed by atoms with E-state index >= 15 is 0 Å². The Hall–Kier alpha value is -3.99. The number of anilines is 1. The highest BCUT2D eigenvalue weighted by molar-refractivity contribution is 8.18. The number of esters is 1. The molecule has 0 bridgehead atoms. The normalized spacial score (nSPS) is 13.9. The lowest BCUT2D eigenvalue weighted by Gasteiger charge is -2.13. The number of amides is 3. The van der Waals surface area contributed by atoms with Gasteiger partial charge in [0.25, 0.3) is 11.1 Å². The average molecular weight is 615 g/mol. The summed E-state index contributed by atoms with van der Waals surface area (Å²) in [6, 6.07) is 16.7. The van der Waals surface area contributed by atoms with E-state index in [0.29, 0.717) is 28.7 Å². The fourth-order valence-corrected chi connectivity index (χ4v) is 4.89. The molecule has 1 heterocycles. The molecule has 0 aromatic heterocycles. The number of carbonyl (C=O) groups is 4. The predicted molar refractivity (Wildman–Crippen MR) is 157 cm³/mol. The van der Waals surface area contributed by atoms with Crippen LogP contribution in [-0.2, 0) is 20.9 Å². The predicted octanol–water partition coefficient (Wildman–Crippen LogP) is 6.43. The second kappa shape index (κ2) is 13.6. The lowest BCUT2D eigenvalue weighted by molar-refractivity contribution is -0.127. The summed E-state index contributed by atoms with van der Waals surface area (Å²) in [5, 5.41) is 2.78. The molecule has 3 amide bonds. The highest BCUT2D eigenvalue weighted by atomic mass is 35.5. The summed E-state index contributed by atoms with van der Waals surface area (Å²) in [4.78, 5) is 51.2. The molecular formula is C29H24Cl2N2O7S. The summed E-state index contributed by atoms with van der Waals surface area (Å²) in [6.07, 6.45) is 1.54. The summed E-state index contributed by atoms with van der Waals surface area (Å²) in [5.41, 5.74) is 1.87. The summed E-state index contributed by atoms with van der Waals surface area (Å²) < 4.78 is 16.3. The van der Waals surface area contributed by atoms with Crippen molar-refractivity contribution in [3.8, 4) is 11.5 Å². The van der Waals surface area contributed by atoms with Crippen molar-refractivity contribution < 1.29 is 33.4 Å². The minimum absolute atomic E-state index is 0.0808. The minimum atomic E-state index is -0.637. The summed E-state index contributed by atoms with van der Waals surface area (Å²) in [7, 11) is 1.50. The van der Waals surface area contributed by atoms with E-state index < -0.39 is 29.6 Å². The highest BCUT2D eigenvalue weighted by Gasteiger charge is 2.36. The molecule has 0 saturated carbocycles. The number of nitrogens with zero attached hydrogens (tertiary/aromatic N) is 1. The highest BCUT2D eigenvalue weighted by Crippen LogP contribution is 2.35. The number of hydrogen-bond donors (Lipinski definition) is 1. The number of nitrogens with one attached hydrogen (secondary N) is 1. The molecule has 1 N–H and O–H groups in total. The minimum Gasteiger partial charge on any atom is -0.493 e. The van der Waals surface area contributed by atoms with E-state index in [1.807, 2.05) is 12.1 Å². The molecule has 12 heteroatoms. The molecule has 1 aliphatic heterocycles. The molecule has 0 unspecified atom stereocenters. The van der Waals surface area contributed by atoms with Gasteiger partial charge in [-0.3, -0.25) is 19.3 Å². The maximum absolute atomic E-state index is 13.0. The van der Waals surface area contributed by atoms with Crippen LogP contribution >= 0.6 is 35.0 Å². The molecule has 41 heavy (non-hydrogen) atoms. The number of carbonyl (C=O) groups excluding carboxylic acids is 4. The van der Waals surface area contributed by atoms with E-state index in [4.69, 9.17) is 37.4 Å². The lowest BCUT2D eigenvalue weighted by Crippen LogP contribution is -2.36. The molecule has 212 valence electrons. The Balaban J connectivity index is 1.41. The fourth-order valence-electron chi connectivity index (χ4n) is 3.74. The van der Waals surface area contributed by atoms with Gasteiger partial charge in [0.2, 0.25) is 5.91 Å². The summed E-state index contributed by atoms with van der Waals surface area (Å²) >= 11 is 12.7. The monoisotopic (exact) mass is 614 g/mol. The molecule has 4 rings (SSSR count). The summed E-state index contributed by atoms with van der Waals surface area (Å²) in [5.74, 6) is -0.938. The van der Waals surface area contributed by atoms with Gasteiger partial charge < -0.3 is 19.5 Å². The number of thioether (sulfide) groups is 1. The van der Waals surface area contributed by atoms with Crippen molar-refractivity contribution in [2.45, 2.75) is 13.5 Å². The number of benzene rings is 3. The molecule has 0 spiro atoms. The Morgan fingerprint density at radius 2 is 1.76 bits per heavy atom. The maximum Gasteiger partial charge on any atom is 0.339 e. The molecule has 0 atom stereocenters. The Morgan fingerprint density at radius 1 is 1.00 bits per heavy atom. The largest absolute Gasteiger partial charge is 0.493 e. The van der Waals surface area contributed by atoms with Gasteiger partial charge in [0.1, 0.15) is 13.2 Å². The summed E-state index contributed by atoms with van der Waals surface area (Å²) in [6.45, 7) is 1.61. The maximum atomic E-state index is 13.0. The molecule has 1 saturated heterocycles. The second-order valence-corrected chi connectivity index (χ2v) is 10.4. The van der Waals surface area contributed by atoms with Gasteiger partial charge in [0.05, 0.1) is 29.2 Å². The SMILES string of the molecule is CCOC(=O)c1cc(NC(=O)CN2C(=O)S/C(=C/c3ccc(OCc4ccc(Cl)cc4)c(OC)c3)C2=O)ccc1Cl. The first kappa shape index (κ1) is 30.0. The van der Waals surface area contributed by atoms with E-state index in [0.717, 1.165) is 22.2 Å². The van der Waals surface area contributed by atoms with Crippen LogP contribution in [0.15, 0.2) is 65.6 Å². The van der Waals surface area contributed by atoms with Crippen LogP contribution in [0.1, 0.15) is 28.4 Å². The standard InChI is InChI=1S/C29H24Cl2N2O7S/c1-3-39-28(36)21-14-20(9-10-22(21)31)32-26(34)15-33-27(35)25(41-29(33)37)13-18-6-11-23(24(12-18)38-2)40-16-17-4-7-19(30)8-5-17/h4-14H,3,15-16H2,1-2H3,(H,32,34)/b25-13+. The molecule has 0 radical (unpaired) electrons. The first-order valence-electron chi connectivity index (χ1n) is 12.3. The Morgan fingerprint density at radius 3 is 2.46 bits per heavy atom. The van der Waals surface area contributed by atoms with Gasteiger partial charge in [-0.15, -0.1) is 0 Å². The first-order valence-corrected chi connectivity index (χ1v) is 13.8. The first-order chi connectivity index (χ1) is 19.7. The number of imide groups is 1. The molecule has 0 aliphatic carbocycles. The third-order valence-corrected chi connectivity index (χ3v) is 7.20. The van der Waals surface area contributed by atoms with E-state index in [1.165, 1.54) is 25.3 Å². The zero-order chi connectivity index (χ0) is 29.5. The van der Waals surface area contributed by atoms with Gasteiger partial charge >= 0.3 is 5.97 Å². The number of rotatable bonds is 10. The zero-order valence-electron chi connectivity index (χ0n) is 21.9. The molecule has 9 nitrogen and oxygen atoms in total. The van der Waals surface area contributed by atoms with E-state index in [2.05, 4.69) is 5.32 Å². The van der Waals surface area contributed by atoms with Crippen molar-refractivity contribution in [1.82, 2.24) is 4.90 Å². The van der Waals surface area contributed by atoms with Crippen molar-refractivity contribution in [3.63, 3.8) is 0 Å². The van der Waals surface area contributed by atoms with Crippen molar-refractivity contribution in [2.75, 3.05) is 25.6 Å². The Kier molecular flexibility index (Phi) is 9.93. The molecule has 1 fully saturated rings. The van der Waals surface area contributed by atoms with Crippen LogP contribution in [-0.4, -0.2) is 48.2 Å².